The van der Waals surface area contributed by atoms with E-state index in [9.17, 15) is 19.2 Å². The maximum Gasteiger partial charge on any atom is 0.325 e. The highest BCUT2D eigenvalue weighted by atomic mass is 16.2. The van der Waals surface area contributed by atoms with Gasteiger partial charge in [-0.1, -0.05) is 0 Å². The van der Waals surface area contributed by atoms with E-state index < -0.39 is 17.5 Å². The van der Waals surface area contributed by atoms with Gasteiger partial charge in [-0.3, -0.25) is 19.3 Å². The first-order valence-corrected chi connectivity index (χ1v) is 8.11. The normalized spacial score (nSPS) is 22.6. The van der Waals surface area contributed by atoms with Crippen molar-refractivity contribution in [2.24, 2.45) is 5.92 Å². The second-order valence-electron chi connectivity index (χ2n) is 6.60. The average Bonchev–Trinajstić information content (AvgIpc) is 3.35. The zero-order valence-corrected chi connectivity index (χ0v) is 14.1. The van der Waals surface area contributed by atoms with E-state index in [4.69, 9.17) is 0 Å². The predicted octanol–water partition coefficient (Wildman–Crippen LogP) is 1.30. The molecule has 0 spiro atoms. The van der Waals surface area contributed by atoms with Crippen molar-refractivity contribution < 1.29 is 19.2 Å². The van der Waals surface area contributed by atoms with Gasteiger partial charge in [0, 0.05) is 18.3 Å². The van der Waals surface area contributed by atoms with Crippen LogP contribution in [0.4, 0.5) is 16.2 Å². The van der Waals surface area contributed by atoms with Gasteiger partial charge < -0.3 is 16.0 Å². The molecule has 8 nitrogen and oxygen atoms in total. The van der Waals surface area contributed by atoms with Crippen molar-refractivity contribution in [3.63, 3.8) is 0 Å². The molecular weight excluding hydrogens is 324 g/mol. The Kier molecular flexibility index (Phi) is 4.20. The Balaban J connectivity index is 1.60. The van der Waals surface area contributed by atoms with Crippen LogP contribution in [0.15, 0.2) is 24.3 Å². The summed E-state index contributed by atoms with van der Waals surface area (Å²) < 4.78 is 0. The van der Waals surface area contributed by atoms with E-state index in [-0.39, 0.29) is 24.3 Å². The maximum absolute atomic E-state index is 12.5. The molecule has 1 aromatic rings. The molecule has 3 N–H and O–H groups in total. The van der Waals surface area contributed by atoms with E-state index >= 15 is 0 Å². The van der Waals surface area contributed by atoms with Crippen LogP contribution in [0.3, 0.4) is 0 Å². The lowest BCUT2D eigenvalue weighted by Crippen LogP contribution is -2.46. The summed E-state index contributed by atoms with van der Waals surface area (Å²) in [6, 6.07) is 6.02. The summed E-state index contributed by atoms with van der Waals surface area (Å²) in [6.07, 6.45) is 1.81. The quantitative estimate of drug-likeness (QED) is 0.700. The first-order valence-electron chi connectivity index (χ1n) is 8.11. The summed E-state index contributed by atoms with van der Waals surface area (Å²) in [4.78, 5) is 48.6. The molecule has 25 heavy (non-hydrogen) atoms. The number of nitrogens with one attached hydrogen (secondary N) is 3. The Labute approximate surface area is 144 Å². The van der Waals surface area contributed by atoms with Gasteiger partial charge >= 0.3 is 6.03 Å². The van der Waals surface area contributed by atoms with Crippen LogP contribution in [0, 0.1) is 5.92 Å². The monoisotopic (exact) mass is 344 g/mol. The summed E-state index contributed by atoms with van der Waals surface area (Å²) in [5.74, 6) is -0.848. The molecule has 1 aliphatic carbocycles. The van der Waals surface area contributed by atoms with Crippen molar-refractivity contribution in [1.82, 2.24) is 10.2 Å². The van der Waals surface area contributed by atoms with E-state index in [2.05, 4.69) is 16.0 Å². The smallest absolute Gasteiger partial charge is 0.325 e. The number of hydrogen-bond acceptors (Lipinski definition) is 4. The fourth-order valence-electron chi connectivity index (χ4n) is 2.98. The van der Waals surface area contributed by atoms with Gasteiger partial charge in [-0.05, 0) is 49.9 Å². The highest BCUT2D eigenvalue weighted by Crippen LogP contribution is 2.42. The molecule has 2 fully saturated rings. The van der Waals surface area contributed by atoms with Gasteiger partial charge in [0.2, 0.25) is 11.8 Å². The number of imide groups is 1. The van der Waals surface area contributed by atoms with Crippen LogP contribution < -0.4 is 16.0 Å². The molecule has 3 rings (SSSR count). The lowest BCUT2D eigenvalue weighted by molar-refractivity contribution is -0.134. The summed E-state index contributed by atoms with van der Waals surface area (Å²) in [6.45, 7) is 2.78. The van der Waals surface area contributed by atoms with Crippen LogP contribution in [0.25, 0.3) is 0 Å². The second-order valence-corrected chi connectivity index (χ2v) is 6.60. The summed E-state index contributed by atoms with van der Waals surface area (Å²) in [5.41, 5.74) is 0.230. The molecule has 0 radical (unpaired) electrons. The highest BCUT2D eigenvalue weighted by molar-refractivity contribution is 6.10. The van der Waals surface area contributed by atoms with Crippen LogP contribution in [-0.4, -0.2) is 40.7 Å². The fraction of sp³-hybridized carbons (Fsp3) is 0.412. The molecule has 1 aliphatic heterocycles. The first kappa shape index (κ1) is 16.9. The first-order chi connectivity index (χ1) is 11.8. The van der Waals surface area contributed by atoms with Gasteiger partial charge in [0.25, 0.3) is 5.91 Å². The number of hydrogen-bond donors (Lipinski definition) is 3. The molecule has 0 bridgehead atoms. The zero-order chi connectivity index (χ0) is 18.2. The lowest BCUT2D eigenvalue weighted by atomic mass is 9.96. The third-order valence-electron chi connectivity index (χ3n) is 4.49. The second kappa shape index (κ2) is 6.19. The van der Waals surface area contributed by atoms with Crippen LogP contribution in [0.2, 0.25) is 0 Å². The van der Waals surface area contributed by atoms with E-state index in [0.29, 0.717) is 11.4 Å². The summed E-state index contributed by atoms with van der Waals surface area (Å²) >= 11 is 0. The molecule has 1 heterocycles. The maximum atomic E-state index is 12.5. The number of anilines is 2. The molecule has 5 amide bonds. The molecule has 1 aromatic carbocycles. The Bertz CT molecular complexity index is 742. The fourth-order valence-corrected chi connectivity index (χ4v) is 2.98. The number of amides is 5. The van der Waals surface area contributed by atoms with Crippen molar-refractivity contribution in [2.45, 2.75) is 32.2 Å². The van der Waals surface area contributed by atoms with Crippen LogP contribution in [0.1, 0.15) is 26.7 Å². The molecular formula is C17H20N4O4. The van der Waals surface area contributed by atoms with Gasteiger partial charge in [-0.2, -0.15) is 0 Å². The van der Waals surface area contributed by atoms with Gasteiger partial charge in [-0.15, -0.1) is 0 Å². The van der Waals surface area contributed by atoms with E-state index in [1.54, 1.807) is 31.2 Å². The van der Waals surface area contributed by atoms with E-state index in [0.717, 1.165) is 17.7 Å². The lowest BCUT2D eigenvalue weighted by Gasteiger charge is -2.20. The molecule has 8 heteroatoms. The highest BCUT2D eigenvalue weighted by Gasteiger charge is 2.56. The van der Waals surface area contributed by atoms with Crippen LogP contribution in [-0.2, 0) is 14.4 Å². The minimum absolute atomic E-state index is 0.151. The molecule has 0 aromatic heterocycles. The number of benzene rings is 1. The molecule has 1 atom stereocenters. The number of rotatable bonds is 5. The molecule has 2 aliphatic rings. The van der Waals surface area contributed by atoms with Crippen molar-refractivity contribution in [1.29, 1.82) is 0 Å². The summed E-state index contributed by atoms with van der Waals surface area (Å²) in [5, 5.41) is 7.96. The van der Waals surface area contributed by atoms with Gasteiger partial charge in [0.1, 0.15) is 12.1 Å². The third-order valence-corrected chi connectivity index (χ3v) is 4.49. The Hall–Kier alpha value is -2.90. The van der Waals surface area contributed by atoms with Crippen molar-refractivity contribution in [3.8, 4) is 0 Å². The molecule has 1 saturated heterocycles. The number of nitrogens with zero attached hydrogens (tertiary/aromatic N) is 1. The average molecular weight is 344 g/mol. The Morgan fingerprint density at radius 3 is 2.24 bits per heavy atom. The van der Waals surface area contributed by atoms with E-state index in [1.165, 1.54) is 6.92 Å². The molecule has 1 saturated carbocycles. The SMILES string of the molecule is CC(=O)Nc1ccc(NC(=O)CN2C(=O)N[C@@](C)(C3CC3)C2=O)cc1. The van der Waals surface area contributed by atoms with Crippen LogP contribution >= 0.6 is 0 Å². The molecule has 0 unspecified atom stereocenters. The van der Waals surface area contributed by atoms with Crippen molar-refractivity contribution in [3.05, 3.63) is 24.3 Å². The minimum Gasteiger partial charge on any atom is -0.326 e. The Morgan fingerprint density at radius 1 is 1.16 bits per heavy atom. The van der Waals surface area contributed by atoms with Gasteiger partial charge in [0.15, 0.2) is 0 Å². The topological polar surface area (TPSA) is 108 Å². The van der Waals surface area contributed by atoms with Crippen LogP contribution in [0.5, 0.6) is 0 Å². The Morgan fingerprint density at radius 2 is 1.72 bits per heavy atom. The van der Waals surface area contributed by atoms with Crippen molar-refractivity contribution in [2.75, 3.05) is 17.2 Å². The van der Waals surface area contributed by atoms with E-state index in [1.807, 2.05) is 0 Å². The number of carbonyl (C=O) groups excluding carboxylic acids is 4. The third kappa shape index (κ3) is 3.47. The number of urea groups is 1. The molecule has 132 valence electrons. The number of carbonyl (C=O) groups is 4. The zero-order valence-electron chi connectivity index (χ0n) is 14.1. The van der Waals surface area contributed by atoms with Gasteiger partial charge in [0.05, 0.1) is 0 Å². The minimum atomic E-state index is -0.891. The summed E-state index contributed by atoms with van der Waals surface area (Å²) in [7, 11) is 0. The largest absolute Gasteiger partial charge is 0.326 e. The standard InChI is InChI=1S/C17H20N4O4/c1-10(22)18-12-5-7-13(8-6-12)19-14(23)9-21-15(24)17(2,11-3-4-11)20-16(21)25/h5-8,11H,3-4,9H2,1-2H3,(H,18,22)(H,19,23)(H,20,25)/t17-/m0/s1. The van der Waals surface area contributed by atoms with Gasteiger partial charge in [-0.25, -0.2) is 4.79 Å². The van der Waals surface area contributed by atoms with Crippen molar-refractivity contribution >= 4 is 35.1 Å². The predicted molar refractivity (Wildman–Crippen MR) is 90.7 cm³/mol.